The Labute approximate surface area is 139 Å². The molecule has 128 valence electrons. The molecule has 0 bridgehead atoms. The van der Waals surface area contributed by atoms with Gasteiger partial charge >= 0.3 is 5.95 Å². The van der Waals surface area contributed by atoms with Crippen molar-refractivity contribution < 1.29 is 18.6 Å². The molecular formula is C14H11FN6O4. The predicted molar refractivity (Wildman–Crippen MR) is 81.8 cm³/mol. The lowest BCUT2D eigenvalue weighted by Gasteiger charge is -1.99. The predicted octanol–water partition coefficient (Wildman–Crippen LogP) is 2.01. The average Bonchev–Trinajstić information content (AvgIpc) is 3.23. The largest absolute Gasteiger partial charge is 0.490 e. The van der Waals surface area contributed by atoms with Crippen LogP contribution in [0.1, 0.15) is 6.42 Å². The van der Waals surface area contributed by atoms with Gasteiger partial charge in [-0.2, -0.15) is 4.68 Å². The van der Waals surface area contributed by atoms with Crippen molar-refractivity contribution in [2.45, 2.75) is 13.0 Å². The highest BCUT2D eigenvalue weighted by atomic mass is 19.1. The number of benzene rings is 1. The molecule has 11 heteroatoms. The topological polar surface area (TPSA) is 129 Å². The van der Waals surface area contributed by atoms with Crippen LogP contribution in [-0.4, -0.2) is 30.8 Å². The van der Waals surface area contributed by atoms with E-state index in [9.17, 15) is 19.3 Å². The number of anilines is 1. The van der Waals surface area contributed by atoms with Crippen LogP contribution < -0.4 is 5.32 Å². The molecule has 0 saturated heterocycles. The number of carbonyl (C=O) groups is 1. The van der Waals surface area contributed by atoms with Crippen LogP contribution in [-0.2, 0) is 11.3 Å². The highest BCUT2D eigenvalue weighted by Crippen LogP contribution is 2.22. The van der Waals surface area contributed by atoms with E-state index in [1.165, 1.54) is 41.3 Å². The van der Waals surface area contributed by atoms with Crippen LogP contribution in [0.15, 0.2) is 41.2 Å². The number of nitrogens with one attached hydrogen (secondary N) is 1. The first-order valence-corrected chi connectivity index (χ1v) is 7.07. The van der Waals surface area contributed by atoms with E-state index in [4.69, 9.17) is 4.52 Å². The Morgan fingerprint density at radius 2 is 2.12 bits per heavy atom. The molecule has 0 aliphatic carbocycles. The maximum Gasteiger partial charge on any atom is 0.490 e. The Kier molecular flexibility index (Phi) is 4.46. The van der Waals surface area contributed by atoms with E-state index in [-0.39, 0.29) is 30.5 Å². The number of halogens is 1. The molecule has 0 aliphatic rings. The van der Waals surface area contributed by atoms with Crippen molar-refractivity contribution in [3.05, 3.63) is 52.6 Å². The third-order valence-electron chi connectivity index (χ3n) is 3.16. The number of carbonyl (C=O) groups excluding carboxylic acids is 1. The van der Waals surface area contributed by atoms with E-state index >= 15 is 0 Å². The van der Waals surface area contributed by atoms with Crippen molar-refractivity contribution in [2.24, 2.45) is 0 Å². The van der Waals surface area contributed by atoms with Gasteiger partial charge in [0.2, 0.25) is 12.2 Å². The molecule has 0 aliphatic heterocycles. The number of nitro groups is 1. The third kappa shape index (κ3) is 4.02. The zero-order valence-electron chi connectivity index (χ0n) is 12.6. The number of nitrogens with zero attached hydrogens (tertiary/aromatic N) is 5. The van der Waals surface area contributed by atoms with Gasteiger partial charge in [0.25, 0.3) is 0 Å². The summed E-state index contributed by atoms with van der Waals surface area (Å²) in [6, 6.07) is 7.13. The van der Waals surface area contributed by atoms with Crippen molar-refractivity contribution in [3.8, 4) is 11.3 Å². The molecule has 1 N–H and O–H groups in total. The number of aryl methyl sites for hydroxylation is 1. The molecule has 0 saturated carbocycles. The molecule has 0 spiro atoms. The summed E-state index contributed by atoms with van der Waals surface area (Å²) in [7, 11) is 0. The summed E-state index contributed by atoms with van der Waals surface area (Å²) in [5.41, 5.74) is 0.615. The molecule has 3 aromatic rings. The lowest BCUT2D eigenvalue weighted by atomic mass is 10.2. The number of hydrogen-bond donors (Lipinski definition) is 1. The second kappa shape index (κ2) is 6.86. The summed E-state index contributed by atoms with van der Waals surface area (Å²) >= 11 is 0. The van der Waals surface area contributed by atoms with Crippen LogP contribution in [0, 0.1) is 15.9 Å². The zero-order chi connectivity index (χ0) is 17.8. The van der Waals surface area contributed by atoms with Crippen molar-refractivity contribution in [1.29, 1.82) is 0 Å². The monoisotopic (exact) mass is 346 g/mol. The molecule has 1 amide bonds. The molecule has 0 atom stereocenters. The molecule has 2 heterocycles. The van der Waals surface area contributed by atoms with E-state index in [0.717, 1.165) is 0 Å². The molecule has 0 fully saturated rings. The SMILES string of the molecule is O=C(CCn1cnc([N+](=O)[O-])n1)Nc1cc(-c2ccc(F)cc2)on1. The van der Waals surface area contributed by atoms with E-state index in [1.807, 2.05) is 0 Å². The van der Waals surface area contributed by atoms with Crippen LogP contribution in [0.4, 0.5) is 16.2 Å². The molecule has 10 nitrogen and oxygen atoms in total. The van der Waals surface area contributed by atoms with Gasteiger partial charge in [0, 0.05) is 23.1 Å². The molecule has 0 unspecified atom stereocenters. The molecule has 2 aromatic heterocycles. The first kappa shape index (κ1) is 16.2. The second-order valence-corrected chi connectivity index (χ2v) is 4.95. The highest BCUT2D eigenvalue weighted by molar-refractivity contribution is 5.90. The Balaban J connectivity index is 1.56. The van der Waals surface area contributed by atoms with Crippen molar-refractivity contribution in [1.82, 2.24) is 19.9 Å². The summed E-state index contributed by atoms with van der Waals surface area (Å²) in [6.07, 6.45) is 1.19. The Morgan fingerprint density at radius 1 is 1.36 bits per heavy atom. The maximum atomic E-state index is 12.9. The fraction of sp³-hybridized carbons (Fsp3) is 0.143. The van der Waals surface area contributed by atoms with Gasteiger partial charge in [-0.25, -0.2) is 4.39 Å². The van der Waals surface area contributed by atoms with Gasteiger partial charge in [0.15, 0.2) is 11.6 Å². The minimum absolute atomic E-state index is 0.0132. The van der Waals surface area contributed by atoms with Crippen molar-refractivity contribution in [3.63, 3.8) is 0 Å². The maximum absolute atomic E-state index is 12.9. The summed E-state index contributed by atoms with van der Waals surface area (Å²) in [5, 5.41) is 20.3. The Hall–Kier alpha value is -3.63. The quantitative estimate of drug-likeness (QED) is 0.534. The van der Waals surface area contributed by atoms with Crippen LogP contribution in [0.3, 0.4) is 0 Å². The van der Waals surface area contributed by atoms with Crippen LogP contribution in [0.2, 0.25) is 0 Å². The number of hydrogen-bond acceptors (Lipinski definition) is 7. The minimum atomic E-state index is -0.719. The molecule has 25 heavy (non-hydrogen) atoms. The normalized spacial score (nSPS) is 10.6. The van der Waals surface area contributed by atoms with Gasteiger partial charge < -0.3 is 20.0 Å². The molecule has 3 rings (SSSR count). The summed E-state index contributed by atoms with van der Waals surface area (Å²) in [4.78, 5) is 25.1. The number of amides is 1. The van der Waals surface area contributed by atoms with Crippen LogP contribution >= 0.6 is 0 Å². The lowest BCUT2D eigenvalue weighted by Crippen LogP contribution is -2.15. The fourth-order valence-corrected chi connectivity index (χ4v) is 1.98. The standard InChI is InChI=1S/C14H11FN6O4/c15-10-3-1-9(2-4-10)11-7-12(19-25-11)17-13(22)5-6-20-8-16-14(18-20)21(23)24/h1-4,7-8H,5-6H2,(H,17,19,22). The Morgan fingerprint density at radius 3 is 2.80 bits per heavy atom. The van der Waals surface area contributed by atoms with Gasteiger partial charge in [0.1, 0.15) is 5.82 Å². The molecule has 1 aromatic carbocycles. The van der Waals surface area contributed by atoms with Gasteiger partial charge in [-0.1, -0.05) is 10.1 Å². The van der Waals surface area contributed by atoms with Crippen LogP contribution in [0.5, 0.6) is 0 Å². The number of rotatable bonds is 6. The zero-order valence-corrected chi connectivity index (χ0v) is 12.6. The molecule has 0 radical (unpaired) electrons. The van der Waals surface area contributed by atoms with E-state index < -0.39 is 10.9 Å². The van der Waals surface area contributed by atoms with Gasteiger partial charge in [0.05, 0.1) is 6.54 Å². The summed E-state index contributed by atoms with van der Waals surface area (Å²) in [6.45, 7) is 0.120. The van der Waals surface area contributed by atoms with Gasteiger partial charge in [-0.05, 0) is 29.2 Å². The first-order chi connectivity index (χ1) is 12.0. The highest BCUT2D eigenvalue weighted by Gasteiger charge is 2.14. The Bertz CT molecular complexity index is 904. The van der Waals surface area contributed by atoms with Gasteiger partial charge in [-0.3, -0.25) is 4.79 Å². The van der Waals surface area contributed by atoms with E-state index in [2.05, 4.69) is 20.6 Å². The third-order valence-corrected chi connectivity index (χ3v) is 3.16. The van der Waals surface area contributed by atoms with Crippen molar-refractivity contribution >= 4 is 17.7 Å². The van der Waals surface area contributed by atoms with E-state index in [0.29, 0.717) is 11.3 Å². The second-order valence-electron chi connectivity index (χ2n) is 4.95. The molecular weight excluding hydrogens is 335 g/mol. The van der Waals surface area contributed by atoms with Crippen molar-refractivity contribution in [2.75, 3.05) is 5.32 Å². The average molecular weight is 346 g/mol. The minimum Gasteiger partial charge on any atom is -0.390 e. The lowest BCUT2D eigenvalue weighted by molar-refractivity contribution is -0.394. The van der Waals surface area contributed by atoms with E-state index in [1.54, 1.807) is 0 Å². The first-order valence-electron chi connectivity index (χ1n) is 7.07. The summed E-state index contributed by atoms with van der Waals surface area (Å²) in [5.74, 6) is -0.695. The number of aromatic nitrogens is 4. The van der Waals surface area contributed by atoms with Crippen LogP contribution in [0.25, 0.3) is 11.3 Å². The summed E-state index contributed by atoms with van der Waals surface area (Å²) < 4.78 is 19.2. The smallest absolute Gasteiger partial charge is 0.390 e. The fourth-order valence-electron chi connectivity index (χ4n) is 1.98. The van der Waals surface area contributed by atoms with Gasteiger partial charge in [-0.15, -0.1) is 0 Å².